The molecule has 0 unspecified atom stereocenters. The molecule has 0 saturated heterocycles. The largest absolute Gasteiger partial charge is 0.469 e. The fourth-order valence-electron chi connectivity index (χ4n) is 2.94. The molecular formula is C24H43NO6. The molecule has 7 heteroatoms. The van der Waals surface area contributed by atoms with Gasteiger partial charge in [-0.1, -0.05) is 31.8 Å². The number of hydrogen-bond acceptors (Lipinski definition) is 6. The maximum Gasteiger partial charge on any atom is 0.410 e. The van der Waals surface area contributed by atoms with Crippen molar-refractivity contribution < 1.29 is 28.6 Å². The molecule has 0 aromatic carbocycles. The molecule has 0 bridgehead atoms. The highest BCUT2D eigenvalue weighted by Gasteiger charge is 2.21. The van der Waals surface area contributed by atoms with Gasteiger partial charge in [-0.15, -0.1) is 0 Å². The van der Waals surface area contributed by atoms with Crippen molar-refractivity contribution in [1.29, 1.82) is 0 Å². The number of ether oxygens (including phenoxy) is 3. The second-order valence-corrected chi connectivity index (χ2v) is 8.57. The first kappa shape index (κ1) is 28.9. The molecule has 31 heavy (non-hydrogen) atoms. The van der Waals surface area contributed by atoms with E-state index in [4.69, 9.17) is 9.47 Å². The minimum absolute atomic E-state index is 0.160. The predicted octanol–water partition coefficient (Wildman–Crippen LogP) is 5.42. The molecule has 0 atom stereocenters. The third-order valence-corrected chi connectivity index (χ3v) is 4.53. The zero-order valence-corrected chi connectivity index (χ0v) is 20.2. The number of hydrogen-bond donors (Lipinski definition) is 0. The molecule has 0 saturated carbocycles. The molecule has 0 rings (SSSR count). The van der Waals surface area contributed by atoms with Gasteiger partial charge in [-0.25, -0.2) is 9.59 Å². The first-order valence-electron chi connectivity index (χ1n) is 11.6. The standard InChI is InChI=1S/C24H43NO6/c1-6-30-22(27)18-14-10-8-12-16-20-25(23(28)31-24(2,3)4)19-15-11-7-9-13-17-21(26)29-5/h14,18H,6-13,15-17,19-20H2,1-5H3/b18-14+. The van der Waals surface area contributed by atoms with E-state index in [0.29, 0.717) is 26.1 Å². The first-order chi connectivity index (χ1) is 14.7. The van der Waals surface area contributed by atoms with E-state index in [9.17, 15) is 14.4 Å². The van der Waals surface area contributed by atoms with Crippen molar-refractivity contribution in [2.45, 2.75) is 97.5 Å². The van der Waals surface area contributed by atoms with Crippen LogP contribution >= 0.6 is 0 Å². The summed E-state index contributed by atoms with van der Waals surface area (Å²) in [4.78, 5) is 36.7. The number of allylic oxidation sites excluding steroid dienone is 1. The number of esters is 2. The van der Waals surface area contributed by atoms with E-state index in [1.165, 1.54) is 13.2 Å². The van der Waals surface area contributed by atoms with Gasteiger partial charge in [-0.05, 0) is 59.8 Å². The summed E-state index contributed by atoms with van der Waals surface area (Å²) in [6.07, 6.45) is 11.9. The van der Waals surface area contributed by atoms with Gasteiger partial charge in [0.1, 0.15) is 5.60 Å². The van der Waals surface area contributed by atoms with Gasteiger partial charge in [0, 0.05) is 25.6 Å². The van der Waals surface area contributed by atoms with Crippen LogP contribution < -0.4 is 0 Å². The lowest BCUT2D eigenvalue weighted by molar-refractivity contribution is -0.140. The molecule has 0 aliphatic heterocycles. The van der Waals surface area contributed by atoms with Crippen LogP contribution in [0.4, 0.5) is 4.79 Å². The Hall–Kier alpha value is -2.05. The van der Waals surface area contributed by atoms with E-state index < -0.39 is 5.60 Å². The topological polar surface area (TPSA) is 82.1 Å². The molecular weight excluding hydrogens is 398 g/mol. The molecule has 1 amide bonds. The monoisotopic (exact) mass is 441 g/mol. The Bertz CT molecular complexity index is 539. The van der Waals surface area contributed by atoms with Gasteiger partial charge >= 0.3 is 18.0 Å². The summed E-state index contributed by atoms with van der Waals surface area (Å²) in [7, 11) is 1.41. The Balaban J connectivity index is 4.20. The van der Waals surface area contributed by atoms with Gasteiger partial charge < -0.3 is 19.1 Å². The summed E-state index contributed by atoms with van der Waals surface area (Å²) in [5, 5.41) is 0. The molecule has 0 heterocycles. The van der Waals surface area contributed by atoms with Crippen molar-refractivity contribution in [3.8, 4) is 0 Å². The van der Waals surface area contributed by atoms with Gasteiger partial charge in [-0.3, -0.25) is 4.79 Å². The van der Waals surface area contributed by atoms with Gasteiger partial charge in [0.05, 0.1) is 13.7 Å². The minimum atomic E-state index is -0.513. The summed E-state index contributed by atoms with van der Waals surface area (Å²) < 4.78 is 15.0. The Morgan fingerprint density at radius 3 is 2.03 bits per heavy atom. The number of amides is 1. The molecule has 0 aromatic rings. The maximum atomic E-state index is 12.5. The summed E-state index contributed by atoms with van der Waals surface area (Å²) >= 11 is 0. The Morgan fingerprint density at radius 1 is 0.871 bits per heavy atom. The SMILES string of the molecule is CCOC(=O)/C=C/CCCCCN(CCCCCCCC(=O)OC)C(=O)OC(C)(C)C. The second kappa shape index (κ2) is 17.6. The van der Waals surface area contributed by atoms with E-state index in [2.05, 4.69) is 4.74 Å². The highest BCUT2D eigenvalue weighted by atomic mass is 16.6. The van der Waals surface area contributed by atoms with Crippen LogP contribution in [-0.2, 0) is 23.8 Å². The van der Waals surface area contributed by atoms with Crippen LogP contribution in [0.5, 0.6) is 0 Å². The van der Waals surface area contributed by atoms with Crippen LogP contribution in [0.2, 0.25) is 0 Å². The summed E-state index contributed by atoms with van der Waals surface area (Å²) in [6.45, 7) is 9.14. The van der Waals surface area contributed by atoms with Crippen LogP contribution in [0.3, 0.4) is 0 Å². The highest BCUT2D eigenvalue weighted by Crippen LogP contribution is 2.13. The molecule has 0 aromatic heterocycles. The van der Waals surface area contributed by atoms with Gasteiger partial charge in [-0.2, -0.15) is 0 Å². The maximum absolute atomic E-state index is 12.5. The molecule has 0 aliphatic carbocycles. The lowest BCUT2D eigenvalue weighted by Crippen LogP contribution is -2.38. The summed E-state index contributed by atoms with van der Waals surface area (Å²) in [5.74, 6) is -0.462. The fraction of sp³-hybridized carbons (Fsp3) is 0.792. The van der Waals surface area contributed by atoms with E-state index in [0.717, 1.165) is 57.8 Å². The normalized spacial score (nSPS) is 11.4. The minimum Gasteiger partial charge on any atom is -0.469 e. The van der Waals surface area contributed by atoms with Crippen molar-refractivity contribution in [2.24, 2.45) is 0 Å². The molecule has 0 N–H and O–H groups in total. The van der Waals surface area contributed by atoms with E-state index in [-0.39, 0.29) is 18.0 Å². The zero-order valence-electron chi connectivity index (χ0n) is 20.2. The van der Waals surface area contributed by atoms with E-state index in [1.54, 1.807) is 11.8 Å². The van der Waals surface area contributed by atoms with Gasteiger partial charge in [0.25, 0.3) is 0 Å². The molecule has 0 aliphatic rings. The lowest BCUT2D eigenvalue weighted by atomic mass is 10.1. The van der Waals surface area contributed by atoms with E-state index in [1.807, 2.05) is 26.8 Å². The average molecular weight is 442 g/mol. The number of methoxy groups -OCH3 is 1. The van der Waals surface area contributed by atoms with Crippen LogP contribution in [-0.4, -0.2) is 55.3 Å². The van der Waals surface area contributed by atoms with Crippen LogP contribution in [0.1, 0.15) is 91.9 Å². The third kappa shape index (κ3) is 18.4. The zero-order chi connectivity index (χ0) is 23.5. The number of carbonyl (C=O) groups excluding carboxylic acids is 3. The molecule has 0 radical (unpaired) electrons. The Labute approximate surface area is 188 Å². The number of nitrogens with zero attached hydrogens (tertiary/aromatic N) is 1. The molecule has 0 spiro atoms. The predicted molar refractivity (Wildman–Crippen MR) is 122 cm³/mol. The van der Waals surface area contributed by atoms with Crippen molar-refractivity contribution in [1.82, 2.24) is 4.90 Å². The summed E-state index contributed by atoms with van der Waals surface area (Å²) in [6, 6.07) is 0. The van der Waals surface area contributed by atoms with Gasteiger partial charge in [0.2, 0.25) is 0 Å². The third-order valence-electron chi connectivity index (χ3n) is 4.53. The number of unbranched alkanes of at least 4 members (excludes halogenated alkanes) is 7. The second-order valence-electron chi connectivity index (χ2n) is 8.57. The Kier molecular flexibility index (Phi) is 16.4. The molecule has 180 valence electrons. The number of rotatable bonds is 16. The Morgan fingerprint density at radius 2 is 1.45 bits per heavy atom. The van der Waals surface area contributed by atoms with Gasteiger partial charge in [0.15, 0.2) is 0 Å². The first-order valence-corrected chi connectivity index (χ1v) is 11.6. The smallest absolute Gasteiger partial charge is 0.410 e. The van der Waals surface area contributed by atoms with Crippen LogP contribution in [0, 0.1) is 0 Å². The highest BCUT2D eigenvalue weighted by molar-refractivity contribution is 5.81. The summed E-state index contributed by atoms with van der Waals surface area (Å²) in [5.41, 5.74) is -0.513. The van der Waals surface area contributed by atoms with Crippen molar-refractivity contribution in [2.75, 3.05) is 26.8 Å². The van der Waals surface area contributed by atoms with Crippen molar-refractivity contribution in [3.63, 3.8) is 0 Å². The number of carbonyl (C=O) groups is 3. The van der Waals surface area contributed by atoms with Crippen molar-refractivity contribution >= 4 is 18.0 Å². The molecule has 0 fully saturated rings. The van der Waals surface area contributed by atoms with Crippen molar-refractivity contribution in [3.05, 3.63) is 12.2 Å². The molecule has 7 nitrogen and oxygen atoms in total. The quantitative estimate of drug-likeness (QED) is 0.138. The van der Waals surface area contributed by atoms with Crippen LogP contribution in [0.25, 0.3) is 0 Å². The van der Waals surface area contributed by atoms with E-state index >= 15 is 0 Å². The lowest BCUT2D eigenvalue weighted by Gasteiger charge is -2.27. The van der Waals surface area contributed by atoms with Crippen LogP contribution in [0.15, 0.2) is 12.2 Å². The average Bonchev–Trinajstić information content (AvgIpc) is 2.69. The fourth-order valence-corrected chi connectivity index (χ4v) is 2.94.